The first-order valence-electron chi connectivity index (χ1n) is 3.23. The van der Waals surface area contributed by atoms with Crippen molar-refractivity contribution in [2.45, 2.75) is 0 Å². The second kappa shape index (κ2) is 2.49. The molecule has 0 radical (unpaired) electrons. The van der Waals surface area contributed by atoms with Crippen molar-refractivity contribution in [3.63, 3.8) is 0 Å². The lowest BCUT2D eigenvalue weighted by Crippen LogP contribution is -1.99. The van der Waals surface area contributed by atoms with Crippen LogP contribution in [0.5, 0.6) is 0 Å². The number of hydrogen-bond donors (Lipinski definition) is 2. The van der Waals surface area contributed by atoms with E-state index >= 15 is 0 Å². The molecule has 6 heteroatoms. The van der Waals surface area contributed by atoms with Gasteiger partial charge in [-0.2, -0.15) is 4.98 Å². The quantitative estimate of drug-likeness (QED) is 0.615. The van der Waals surface area contributed by atoms with Crippen LogP contribution in [-0.4, -0.2) is 25.3 Å². The molecule has 3 N–H and O–H groups in total. The molecule has 0 saturated heterocycles. The second-order valence-electron chi connectivity index (χ2n) is 2.19. The van der Waals surface area contributed by atoms with Crippen molar-refractivity contribution in [1.29, 1.82) is 0 Å². The largest absolute Gasteiger partial charge is 0.368 e. The van der Waals surface area contributed by atoms with Gasteiger partial charge in [-0.05, 0) is 0 Å². The molecule has 2 aromatic heterocycles. The molecule has 2 rings (SSSR count). The fraction of sp³-hybridized carbons (Fsp3) is 0. The third-order valence-electron chi connectivity index (χ3n) is 1.44. The standard InChI is InChI=1S/C6H5N5S/c7-6-10-3(1-12)4-5(11-6)9-2-8-4/h1-2H,(H3,7,8,9,10,11). The van der Waals surface area contributed by atoms with E-state index in [2.05, 4.69) is 19.9 Å². The summed E-state index contributed by atoms with van der Waals surface area (Å²) in [5.74, 6) is 0.186. The van der Waals surface area contributed by atoms with Gasteiger partial charge >= 0.3 is 0 Å². The fourth-order valence-corrected chi connectivity index (χ4v) is 1.13. The molecule has 0 fully saturated rings. The highest BCUT2D eigenvalue weighted by atomic mass is 32.1. The van der Waals surface area contributed by atoms with Crippen LogP contribution >= 0.6 is 12.2 Å². The lowest BCUT2D eigenvalue weighted by molar-refractivity contribution is 1.21. The van der Waals surface area contributed by atoms with E-state index in [1.807, 2.05) is 0 Å². The Hall–Kier alpha value is -1.56. The van der Waals surface area contributed by atoms with Gasteiger partial charge in [0.15, 0.2) is 5.65 Å². The Labute approximate surface area is 73.0 Å². The number of nitrogens with one attached hydrogen (secondary N) is 1. The molecule has 0 saturated carbocycles. The molecule has 0 atom stereocenters. The molecule has 60 valence electrons. The van der Waals surface area contributed by atoms with E-state index in [9.17, 15) is 0 Å². The van der Waals surface area contributed by atoms with Crippen LogP contribution in [0.25, 0.3) is 11.2 Å². The summed E-state index contributed by atoms with van der Waals surface area (Å²) in [6, 6.07) is 0. The smallest absolute Gasteiger partial charge is 0.222 e. The molecule has 0 aliphatic rings. The Morgan fingerprint density at radius 3 is 3.08 bits per heavy atom. The highest BCUT2D eigenvalue weighted by Crippen LogP contribution is 2.09. The third kappa shape index (κ3) is 0.928. The molecular weight excluding hydrogens is 174 g/mol. The summed E-state index contributed by atoms with van der Waals surface area (Å²) in [5, 5.41) is 1.44. The molecule has 0 aliphatic heterocycles. The fourth-order valence-electron chi connectivity index (χ4n) is 0.958. The summed E-state index contributed by atoms with van der Waals surface area (Å²) < 4.78 is 0. The van der Waals surface area contributed by atoms with Gasteiger partial charge in [0.1, 0.15) is 11.2 Å². The van der Waals surface area contributed by atoms with Gasteiger partial charge in [-0.3, -0.25) is 0 Å². The lowest BCUT2D eigenvalue weighted by Gasteiger charge is -1.94. The summed E-state index contributed by atoms with van der Waals surface area (Å²) >= 11 is 4.75. The van der Waals surface area contributed by atoms with E-state index in [1.165, 1.54) is 11.7 Å². The lowest BCUT2D eigenvalue weighted by atomic mass is 10.4. The van der Waals surface area contributed by atoms with Crippen molar-refractivity contribution in [2.75, 3.05) is 5.73 Å². The molecular formula is C6H5N5S. The van der Waals surface area contributed by atoms with Crippen LogP contribution in [0.4, 0.5) is 5.95 Å². The van der Waals surface area contributed by atoms with Crippen LogP contribution in [0.3, 0.4) is 0 Å². The number of aromatic amines is 1. The Balaban J connectivity index is 2.88. The van der Waals surface area contributed by atoms with Crippen molar-refractivity contribution < 1.29 is 0 Å². The molecule has 2 aromatic rings. The van der Waals surface area contributed by atoms with Crippen LogP contribution in [0.15, 0.2) is 6.33 Å². The maximum atomic E-state index is 5.42. The van der Waals surface area contributed by atoms with Crippen molar-refractivity contribution >= 4 is 34.7 Å². The number of H-pyrrole nitrogens is 1. The minimum Gasteiger partial charge on any atom is -0.368 e. The van der Waals surface area contributed by atoms with E-state index in [0.29, 0.717) is 11.3 Å². The summed E-state index contributed by atoms with van der Waals surface area (Å²) in [5.41, 5.74) is 7.28. The second-order valence-corrected chi connectivity index (χ2v) is 2.42. The van der Waals surface area contributed by atoms with E-state index in [0.717, 1.165) is 5.52 Å². The Morgan fingerprint density at radius 2 is 2.33 bits per heavy atom. The number of rotatable bonds is 1. The number of hydrogen-bond acceptors (Lipinski definition) is 5. The molecule has 0 unspecified atom stereocenters. The highest BCUT2D eigenvalue weighted by Gasteiger charge is 2.04. The van der Waals surface area contributed by atoms with Gasteiger partial charge in [0.2, 0.25) is 5.95 Å². The molecule has 0 amide bonds. The zero-order valence-corrected chi connectivity index (χ0v) is 6.80. The summed E-state index contributed by atoms with van der Waals surface area (Å²) in [6.07, 6.45) is 1.53. The number of nitrogens with two attached hydrogens (primary N) is 1. The highest BCUT2D eigenvalue weighted by molar-refractivity contribution is 7.79. The summed E-state index contributed by atoms with van der Waals surface area (Å²) in [6.45, 7) is 0. The first-order valence-corrected chi connectivity index (χ1v) is 3.70. The van der Waals surface area contributed by atoms with Crippen LogP contribution in [-0.2, 0) is 0 Å². The Kier molecular flexibility index (Phi) is 1.47. The van der Waals surface area contributed by atoms with Crippen molar-refractivity contribution in [3.05, 3.63) is 12.0 Å². The number of anilines is 1. The minimum absolute atomic E-state index is 0.186. The molecule has 2 heterocycles. The number of thiocarbonyl (C=S) groups is 1. The normalized spacial score (nSPS) is 10.3. The minimum atomic E-state index is 0.186. The van der Waals surface area contributed by atoms with Crippen molar-refractivity contribution in [1.82, 2.24) is 19.9 Å². The molecule has 0 aromatic carbocycles. The van der Waals surface area contributed by atoms with Gasteiger partial charge in [-0.1, -0.05) is 12.2 Å². The van der Waals surface area contributed by atoms with Gasteiger partial charge in [0.25, 0.3) is 0 Å². The third-order valence-corrected chi connectivity index (χ3v) is 1.67. The van der Waals surface area contributed by atoms with Crippen molar-refractivity contribution in [3.8, 4) is 0 Å². The van der Waals surface area contributed by atoms with Crippen LogP contribution in [0.1, 0.15) is 5.69 Å². The molecule has 0 aliphatic carbocycles. The first-order chi connectivity index (χ1) is 5.81. The van der Waals surface area contributed by atoms with E-state index < -0.39 is 0 Å². The van der Waals surface area contributed by atoms with Gasteiger partial charge in [0.05, 0.1) is 6.33 Å². The first kappa shape index (κ1) is 7.11. The van der Waals surface area contributed by atoms with Gasteiger partial charge < -0.3 is 10.7 Å². The Bertz CT molecular complexity index is 434. The SMILES string of the molecule is Nc1nc(C=S)c2[nH]cnc2n1. The van der Waals surface area contributed by atoms with E-state index in [-0.39, 0.29) is 5.95 Å². The number of imidazole rings is 1. The average molecular weight is 179 g/mol. The van der Waals surface area contributed by atoms with Gasteiger partial charge in [0, 0.05) is 5.37 Å². The molecule has 0 bridgehead atoms. The zero-order valence-electron chi connectivity index (χ0n) is 5.98. The van der Waals surface area contributed by atoms with Gasteiger partial charge in [-0.25, -0.2) is 9.97 Å². The molecule has 0 spiro atoms. The predicted octanol–water partition coefficient (Wildman–Crippen LogP) is 0.283. The number of fused-ring (bicyclic) bond motifs is 1. The van der Waals surface area contributed by atoms with E-state index in [4.69, 9.17) is 18.0 Å². The van der Waals surface area contributed by atoms with Crippen LogP contribution < -0.4 is 5.73 Å². The van der Waals surface area contributed by atoms with Crippen LogP contribution in [0, 0.1) is 0 Å². The monoisotopic (exact) mass is 179 g/mol. The number of nitrogen functional groups attached to an aromatic ring is 1. The van der Waals surface area contributed by atoms with Gasteiger partial charge in [-0.15, -0.1) is 0 Å². The Morgan fingerprint density at radius 1 is 1.50 bits per heavy atom. The summed E-state index contributed by atoms with van der Waals surface area (Å²) in [7, 11) is 0. The van der Waals surface area contributed by atoms with Crippen molar-refractivity contribution in [2.24, 2.45) is 0 Å². The number of nitrogens with zero attached hydrogens (tertiary/aromatic N) is 3. The topological polar surface area (TPSA) is 80.5 Å². The maximum absolute atomic E-state index is 5.42. The average Bonchev–Trinajstić information content (AvgIpc) is 2.50. The zero-order chi connectivity index (χ0) is 8.55. The van der Waals surface area contributed by atoms with E-state index in [1.54, 1.807) is 0 Å². The molecule has 5 nitrogen and oxygen atoms in total. The van der Waals surface area contributed by atoms with Crippen LogP contribution in [0.2, 0.25) is 0 Å². The maximum Gasteiger partial charge on any atom is 0.222 e. The summed E-state index contributed by atoms with van der Waals surface area (Å²) in [4.78, 5) is 14.6. The number of aromatic nitrogens is 4. The predicted molar refractivity (Wildman–Crippen MR) is 48.9 cm³/mol. The molecule has 12 heavy (non-hydrogen) atoms.